The quantitative estimate of drug-likeness (QED) is 0.725. The summed E-state index contributed by atoms with van der Waals surface area (Å²) in [5.41, 5.74) is 0.728. The van der Waals surface area contributed by atoms with E-state index in [1.807, 2.05) is 0 Å². The molecule has 1 aromatic carbocycles. The van der Waals surface area contributed by atoms with Gasteiger partial charge in [0.1, 0.15) is 11.9 Å². The first-order chi connectivity index (χ1) is 9.92. The summed E-state index contributed by atoms with van der Waals surface area (Å²) in [6, 6.07) is 6.15. The maximum atomic E-state index is 11.9. The van der Waals surface area contributed by atoms with Crippen molar-refractivity contribution >= 4 is 22.7 Å². The number of esters is 1. The molecule has 0 fully saturated rings. The van der Waals surface area contributed by atoms with Gasteiger partial charge in [0.25, 0.3) is 0 Å². The van der Waals surface area contributed by atoms with Crippen molar-refractivity contribution in [3.8, 4) is 0 Å². The zero-order chi connectivity index (χ0) is 15.8. The molecule has 0 saturated carbocycles. The molecule has 0 aromatic heterocycles. The number of rotatable bonds is 8. The molecule has 0 aliphatic heterocycles. The van der Waals surface area contributed by atoms with Crippen molar-refractivity contribution in [2.24, 2.45) is 0 Å². The highest BCUT2D eigenvalue weighted by Crippen LogP contribution is 2.08. The van der Waals surface area contributed by atoms with E-state index in [2.05, 4.69) is 0 Å². The van der Waals surface area contributed by atoms with Crippen LogP contribution in [0.3, 0.4) is 0 Å². The van der Waals surface area contributed by atoms with Gasteiger partial charge in [0.15, 0.2) is 0 Å². The molecule has 7 heteroatoms. The number of benzene rings is 1. The minimum atomic E-state index is -1.45. The third-order valence-corrected chi connectivity index (χ3v) is 3.73. The molecule has 2 atom stereocenters. The smallest absolute Gasteiger partial charge is 0.335 e. The minimum absolute atomic E-state index is 0.106. The van der Waals surface area contributed by atoms with Crippen LogP contribution in [-0.2, 0) is 30.8 Å². The van der Waals surface area contributed by atoms with Crippen LogP contribution in [0, 0.1) is 0 Å². The van der Waals surface area contributed by atoms with Crippen LogP contribution < -0.4 is 0 Å². The number of ether oxygens (including phenoxy) is 2. The molecule has 21 heavy (non-hydrogen) atoms. The van der Waals surface area contributed by atoms with Crippen LogP contribution >= 0.6 is 0 Å². The molecule has 2 unspecified atom stereocenters. The lowest BCUT2D eigenvalue weighted by Crippen LogP contribution is -2.23. The predicted octanol–water partition coefficient (Wildman–Crippen LogP) is 1.21. The van der Waals surface area contributed by atoms with E-state index in [1.165, 1.54) is 19.2 Å². The number of carboxylic acids is 1. The molecule has 116 valence electrons. The largest absolute Gasteiger partial charge is 0.478 e. The lowest BCUT2D eigenvalue weighted by atomic mass is 10.1. The van der Waals surface area contributed by atoms with Gasteiger partial charge in [0, 0.05) is 23.7 Å². The van der Waals surface area contributed by atoms with Crippen molar-refractivity contribution in [2.45, 2.75) is 18.8 Å². The van der Waals surface area contributed by atoms with Crippen LogP contribution in [0.4, 0.5) is 0 Å². The molecule has 0 saturated heterocycles. The molecule has 6 nitrogen and oxygen atoms in total. The van der Waals surface area contributed by atoms with E-state index < -0.39 is 28.8 Å². The van der Waals surface area contributed by atoms with Crippen LogP contribution in [0.1, 0.15) is 22.8 Å². The number of carboxylic acid groups (broad SMARTS) is 1. The van der Waals surface area contributed by atoms with E-state index in [-0.39, 0.29) is 23.7 Å². The van der Waals surface area contributed by atoms with Gasteiger partial charge in [-0.25, -0.2) is 4.79 Å². The van der Waals surface area contributed by atoms with Gasteiger partial charge in [-0.1, -0.05) is 12.1 Å². The fraction of sp³-hybridized carbons (Fsp3) is 0.429. The van der Waals surface area contributed by atoms with Crippen LogP contribution in [0.5, 0.6) is 0 Å². The lowest BCUT2D eigenvalue weighted by Gasteiger charge is -2.11. The van der Waals surface area contributed by atoms with Crippen LogP contribution in [0.25, 0.3) is 0 Å². The van der Waals surface area contributed by atoms with Gasteiger partial charge in [0.05, 0.1) is 12.2 Å². The standard InChI is InChI=1S/C14H18O6S/c1-10(7-19-2)20-13(15)9-21(18)8-11-4-3-5-12(6-11)14(16)17/h3-6,10H,7-9H2,1-2H3,(H,16,17). The molecule has 0 amide bonds. The first-order valence-electron chi connectivity index (χ1n) is 6.28. The highest BCUT2D eigenvalue weighted by Gasteiger charge is 2.14. The number of hydrogen-bond donors (Lipinski definition) is 1. The second kappa shape index (κ2) is 8.53. The third kappa shape index (κ3) is 6.50. The average molecular weight is 314 g/mol. The Bertz CT molecular complexity index is 528. The molecule has 1 rings (SSSR count). The van der Waals surface area contributed by atoms with Gasteiger partial charge in [0.2, 0.25) is 0 Å². The van der Waals surface area contributed by atoms with Crippen LogP contribution in [0.15, 0.2) is 24.3 Å². The highest BCUT2D eigenvalue weighted by atomic mass is 32.2. The Labute approximate surface area is 125 Å². The average Bonchev–Trinajstić information content (AvgIpc) is 2.38. The Morgan fingerprint density at radius 3 is 2.71 bits per heavy atom. The molecule has 0 heterocycles. The highest BCUT2D eigenvalue weighted by molar-refractivity contribution is 7.84. The Kier molecular flexibility index (Phi) is 7.04. The minimum Gasteiger partial charge on any atom is -0.478 e. The number of carbonyl (C=O) groups excluding carboxylic acids is 1. The molecule has 0 spiro atoms. The summed E-state index contributed by atoms with van der Waals surface area (Å²) in [5.74, 6) is -1.73. The summed E-state index contributed by atoms with van der Waals surface area (Å²) >= 11 is 0. The van der Waals surface area contributed by atoms with Crippen molar-refractivity contribution < 1.29 is 28.4 Å². The van der Waals surface area contributed by atoms with Crippen molar-refractivity contribution in [2.75, 3.05) is 19.5 Å². The first-order valence-corrected chi connectivity index (χ1v) is 7.76. The summed E-state index contributed by atoms with van der Waals surface area (Å²) < 4.78 is 21.7. The van der Waals surface area contributed by atoms with E-state index in [1.54, 1.807) is 19.1 Å². The van der Waals surface area contributed by atoms with E-state index in [0.29, 0.717) is 5.56 Å². The molecule has 0 radical (unpaired) electrons. The molecular formula is C14H18O6S. The number of aromatic carboxylic acids is 1. The first kappa shape index (κ1) is 17.3. The van der Waals surface area contributed by atoms with Gasteiger partial charge in [-0.05, 0) is 24.6 Å². The summed E-state index contributed by atoms with van der Waals surface area (Å²) in [5, 5.41) is 8.88. The maximum Gasteiger partial charge on any atom is 0.335 e. The normalized spacial score (nSPS) is 13.4. The van der Waals surface area contributed by atoms with Crippen LogP contribution in [0.2, 0.25) is 0 Å². The topological polar surface area (TPSA) is 89.9 Å². The van der Waals surface area contributed by atoms with Gasteiger partial charge < -0.3 is 14.6 Å². The number of hydrogen-bond acceptors (Lipinski definition) is 5. The maximum absolute atomic E-state index is 11.9. The van der Waals surface area contributed by atoms with E-state index >= 15 is 0 Å². The number of methoxy groups -OCH3 is 1. The molecule has 0 aliphatic rings. The summed E-state index contributed by atoms with van der Waals surface area (Å²) in [7, 11) is 0.0467. The van der Waals surface area contributed by atoms with Crippen molar-refractivity contribution in [3.05, 3.63) is 35.4 Å². The Hall–Kier alpha value is -1.73. The molecule has 1 N–H and O–H groups in total. The Morgan fingerprint density at radius 2 is 2.10 bits per heavy atom. The van der Waals surface area contributed by atoms with E-state index in [9.17, 15) is 13.8 Å². The van der Waals surface area contributed by atoms with E-state index in [0.717, 1.165) is 0 Å². The van der Waals surface area contributed by atoms with Gasteiger partial charge in [-0.2, -0.15) is 0 Å². The van der Waals surface area contributed by atoms with Gasteiger partial charge in [-0.3, -0.25) is 9.00 Å². The SMILES string of the molecule is COCC(C)OC(=O)CS(=O)Cc1cccc(C(=O)O)c1. The second-order valence-electron chi connectivity index (χ2n) is 4.49. The van der Waals surface area contributed by atoms with Gasteiger partial charge >= 0.3 is 11.9 Å². The van der Waals surface area contributed by atoms with E-state index in [4.69, 9.17) is 14.6 Å². The molecule has 0 aliphatic carbocycles. The Morgan fingerprint density at radius 1 is 1.38 bits per heavy atom. The lowest BCUT2D eigenvalue weighted by molar-refractivity contribution is -0.147. The van der Waals surface area contributed by atoms with Crippen LogP contribution in [-0.4, -0.2) is 46.8 Å². The summed E-state index contributed by atoms with van der Waals surface area (Å²) in [6.45, 7) is 1.96. The van der Waals surface area contributed by atoms with Crippen molar-refractivity contribution in [3.63, 3.8) is 0 Å². The summed E-state index contributed by atoms with van der Waals surface area (Å²) in [6.07, 6.45) is -0.394. The molecule has 0 bridgehead atoms. The zero-order valence-electron chi connectivity index (χ0n) is 11.9. The fourth-order valence-electron chi connectivity index (χ4n) is 1.69. The second-order valence-corrected chi connectivity index (χ2v) is 5.95. The van der Waals surface area contributed by atoms with Gasteiger partial charge in [-0.15, -0.1) is 0 Å². The number of carbonyl (C=O) groups is 2. The van der Waals surface area contributed by atoms with Crippen molar-refractivity contribution in [1.29, 1.82) is 0 Å². The molecular weight excluding hydrogens is 296 g/mol. The predicted molar refractivity (Wildman–Crippen MR) is 77.5 cm³/mol. The monoisotopic (exact) mass is 314 g/mol. The third-order valence-electron chi connectivity index (χ3n) is 2.51. The Balaban J connectivity index is 2.52. The summed E-state index contributed by atoms with van der Waals surface area (Å²) in [4.78, 5) is 22.4. The zero-order valence-corrected chi connectivity index (χ0v) is 12.7. The fourth-order valence-corrected chi connectivity index (χ4v) is 2.67. The van der Waals surface area contributed by atoms with Crippen molar-refractivity contribution in [1.82, 2.24) is 0 Å². The molecule has 1 aromatic rings.